The highest BCUT2D eigenvalue weighted by atomic mass is 16.3. The molecule has 2 atom stereocenters. The average Bonchev–Trinajstić information content (AvgIpc) is 2.98. The van der Waals surface area contributed by atoms with E-state index in [9.17, 15) is 9.90 Å². The van der Waals surface area contributed by atoms with E-state index >= 15 is 0 Å². The van der Waals surface area contributed by atoms with E-state index in [1.54, 1.807) is 0 Å². The Morgan fingerprint density at radius 1 is 1.29 bits per heavy atom. The normalized spacial score (nSPS) is 37.8. The van der Waals surface area contributed by atoms with Gasteiger partial charge in [-0.1, -0.05) is 0 Å². The molecule has 3 rings (SSSR count). The summed E-state index contributed by atoms with van der Waals surface area (Å²) in [5.41, 5.74) is -0.247. The molecule has 2 unspecified atom stereocenters. The number of amides is 1. The number of aliphatic hydroxyl groups excluding tert-OH is 1. The molecule has 96 valence electrons. The Labute approximate surface area is 102 Å². The molecule has 4 heteroatoms. The maximum absolute atomic E-state index is 11.9. The molecule has 3 aliphatic rings. The van der Waals surface area contributed by atoms with Crippen LogP contribution >= 0.6 is 0 Å². The minimum atomic E-state index is -0.247. The van der Waals surface area contributed by atoms with Gasteiger partial charge in [-0.15, -0.1) is 0 Å². The van der Waals surface area contributed by atoms with Crippen molar-refractivity contribution in [2.24, 2.45) is 5.92 Å². The summed E-state index contributed by atoms with van der Waals surface area (Å²) in [5.74, 6) is 0.686. The van der Waals surface area contributed by atoms with Crippen LogP contribution in [0.5, 0.6) is 0 Å². The molecule has 1 amide bonds. The molecule has 0 spiro atoms. The molecule has 17 heavy (non-hydrogen) atoms. The Kier molecular flexibility index (Phi) is 2.87. The average molecular weight is 238 g/mol. The summed E-state index contributed by atoms with van der Waals surface area (Å²) in [6.45, 7) is 0.0935. The molecular weight excluding hydrogens is 216 g/mol. The second-order valence-electron chi connectivity index (χ2n) is 6.17. The SMILES string of the molecule is O=C(CC1CC2CCC(C1)N2)NC1(CO)CC1. The lowest BCUT2D eigenvalue weighted by Crippen LogP contribution is -2.43. The van der Waals surface area contributed by atoms with Crippen LogP contribution in [0.3, 0.4) is 0 Å². The molecule has 0 aromatic carbocycles. The smallest absolute Gasteiger partial charge is 0.220 e. The number of nitrogens with one attached hydrogen (secondary N) is 2. The topological polar surface area (TPSA) is 61.4 Å². The lowest BCUT2D eigenvalue weighted by Gasteiger charge is -2.29. The summed E-state index contributed by atoms with van der Waals surface area (Å²) >= 11 is 0. The third-order valence-corrected chi connectivity index (χ3v) is 4.61. The second-order valence-corrected chi connectivity index (χ2v) is 6.17. The molecule has 2 heterocycles. The minimum absolute atomic E-state index is 0.0935. The Balaban J connectivity index is 1.48. The van der Waals surface area contributed by atoms with Crippen molar-refractivity contribution >= 4 is 5.91 Å². The van der Waals surface area contributed by atoms with Crippen LogP contribution < -0.4 is 10.6 Å². The fraction of sp³-hybridized carbons (Fsp3) is 0.923. The van der Waals surface area contributed by atoms with Crippen molar-refractivity contribution in [2.75, 3.05) is 6.61 Å². The second kappa shape index (κ2) is 4.25. The fourth-order valence-corrected chi connectivity index (χ4v) is 3.42. The van der Waals surface area contributed by atoms with E-state index in [1.165, 1.54) is 12.8 Å². The van der Waals surface area contributed by atoms with Crippen LogP contribution in [-0.4, -0.2) is 35.2 Å². The number of hydrogen-bond donors (Lipinski definition) is 3. The fourth-order valence-electron chi connectivity index (χ4n) is 3.42. The van der Waals surface area contributed by atoms with Crippen molar-refractivity contribution in [3.8, 4) is 0 Å². The van der Waals surface area contributed by atoms with Crippen LogP contribution in [0.15, 0.2) is 0 Å². The molecule has 0 aromatic rings. The third-order valence-electron chi connectivity index (χ3n) is 4.61. The number of carbonyl (C=O) groups is 1. The Morgan fingerprint density at radius 2 is 1.94 bits per heavy atom. The van der Waals surface area contributed by atoms with E-state index in [-0.39, 0.29) is 18.1 Å². The highest BCUT2D eigenvalue weighted by Crippen LogP contribution is 2.36. The zero-order valence-electron chi connectivity index (χ0n) is 10.2. The number of fused-ring (bicyclic) bond motifs is 2. The van der Waals surface area contributed by atoms with Gasteiger partial charge in [0, 0.05) is 18.5 Å². The first-order valence-corrected chi connectivity index (χ1v) is 6.87. The van der Waals surface area contributed by atoms with E-state index < -0.39 is 0 Å². The number of rotatable bonds is 4. The molecular formula is C13H22N2O2. The summed E-state index contributed by atoms with van der Waals surface area (Å²) in [6.07, 6.45) is 7.38. The molecule has 1 saturated carbocycles. The summed E-state index contributed by atoms with van der Waals surface area (Å²) < 4.78 is 0. The van der Waals surface area contributed by atoms with Gasteiger partial charge >= 0.3 is 0 Å². The first kappa shape index (κ1) is 11.5. The molecule has 0 radical (unpaired) electrons. The van der Waals surface area contributed by atoms with Crippen LogP contribution in [0.2, 0.25) is 0 Å². The summed E-state index contributed by atoms with van der Waals surface area (Å²) in [7, 11) is 0. The number of hydrogen-bond acceptors (Lipinski definition) is 3. The van der Waals surface area contributed by atoms with E-state index in [1.807, 2.05) is 0 Å². The standard InChI is InChI=1S/C13H22N2O2/c16-8-13(3-4-13)15-12(17)7-9-5-10-1-2-11(6-9)14-10/h9-11,14,16H,1-8H2,(H,15,17). The van der Waals surface area contributed by atoms with Gasteiger partial charge in [-0.3, -0.25) is 4.79 Å². The van der Waals surface area contributed by atoms with Crippen LogP contribution in [0.4, 0.5) is 0 Å². The summed E-state index contributed by atoms with van der Waals surface area (Å²) in [6, 6.07) is 1.30. The molecule has 2 aliphatic heterocycles. The molecule has 1 aliphatic carbocycles. The van der Waals surface area contributed by atoms with Gasteiger partial charge in [-0.05, 0) is 44.4 Å². The predicted octanol–water partition coefficient (Wildman–Crippen LogP) is 0.548. The van der Waals surface area contributed by atoms with Crippen molar-refractivity contribution < 1.29 is 9.90 Å². The van der Waals surface area contributed by atoms with Gasteiger partial charge in [0.15, 0.2) is 0 Å². The van der Waals surface area contributed by atoms with Crippen LogP contribution in [0.25, 0.3) is 0 Å². The van der Waals surface area contributed by atoms with Gasteiger partial charge in [0.25, 0.3) is 0 Å². The quantitative estimate of drug-likeness (QED) is 0.670. The van der Waals surface area contributed by atoms with Gasteiger partial charge < -0.3 is 15.7 Å². The maximum Gasteiger partial charge on any atom is 0.220 e. The van der Waals surface area contributed by atoms with Crippen molar-refractivity contribution in [3.63, 3.8) is 0 Å². The van der Waals surface area contributed by atoms with E-state index in [2.05, 4.69) is 10.6 Å². The number of carbonyl (C=O) groups excluding carboxylic acids is 1. The molecule has 2 bridgehead atoms. The molecule has 3 N–H and O–H groups in total. The zero-order valence-corrected chi connectivity index (χ0v) is 10.2. The lowest BCUT2D eigenvalue weighted by molar-refractivity contribution is -0.123. The van der Waals surface area contributed by atoms with E-state index in [4.69, 9.17) is 0 Å². The van der Waals surface area contributed by atoms with Crippen LogP contribution in [0, 0.1) is 5.92 Å². The molecule has 3 fully saturated rings. The number of aliphatic hydroxyl groups is 1. The molecule has 4 nitrogen and oxygen atoms in total. The Bertz CT molecular complexity index is 303. The maximum atomic E-state index is 11.9. The van der Waals surface area contributed by atoms with Crippen molar-refractivity contribution in [1.29, 1.82) is 0 Å². The minimum Gasteiger partial charge on any atom is -0.394 e. The molecule has 0 aromatic heterocycles. The monoisotopic (exact) mass is 238 g/mol. The third kappa shape index (κ3) is 2.47. The van der Waals surface area contributed by atoms with E-state index in [0.717, 1.165) is 25.7 Å². The lowest BCUT2D eigenvalue weighted by atomic mass is 9.89. The van der Waals surface area contributed by atoms with Gasteiger partial charge in [0.2, 0.25) is 5.91 Å². The van der Waals surface area contributed by atoms with Gasteiger partial charge in [-0.2, -0.15) is 0 Å². The first-order valence-electron chi connectivity index (χ1n) is 6.87. The van der Waals surface area contributed by atoms with Crippen molar-refractivity contribution in [1.82, 2.24) is 10.6 Å². The largest absolute Gasteiger partial charge is 0.394 e. The zero-order chi connectivity index (χ0) is 11.9. The highest BCUT2D eigenvalue weighted by molar-refractivity contribution is 5.77. The molecule has 2 saturated heterocycles. The van der Waals surface area contributed by atoms with Crippen LogP contribution in [-0.2, 0) is 4.79 Å². The summed E-state index contributed by atoms with van der Waals surface area (Å²) in [5, 5.41) is 15.8. The van der Waals surface area contributed by atoms with Gasteiger partial charge in [-0.25, -0.2) is 0 Å². The summed E-state index contributed by atoms with van der Waals surface area (Å²) in [4.78, 5) is 11.9. The van der Waals surface area contributed by atoms with Gasteiger partial charge in [0.1, 0.15) is 0 Å². The van der Waals surface area contributed by atoms with Crippen molar-refractivity contribution in [3.05, 3.63) is 0 Å². The Hall–Kier alpha value is -0.610. The highest BCUT2D eigenvalue weighted by Gasteiger charge is 2.44. The first-order chi connectivity index (χ1) is 8.19. The predicted molar refractivity (Wildman–Crippen MR) is 64.5 cm³/mol. The van der Waals surface area contributed by atoms with E-state index in [0.29, 0.717) is 24.4 Å². The van der Waals surface area contributed by atoms with Crippen molar-refractivity contribution in [2.45, 2.75) is 62.6 Å². The van der Waals surface area contributed by atoms with Gasteiger partial charge in [0.05, 0.1) is 12.1 Å². The Morgan fingerprint density at radius 3 is 2.47 bits per heavy atom. The van der Waals surface area contributed by atoms with Crippen LogP contribution in [0.1, 0.15) is 44.9 Å². The number of piperidine rings is 1.